The second kappa shape index (κ2) is 5.89. The molecule has 1 aromatic carbocycles. The molecule has 0 aliphatic carbocycles. The standard InChI is InChI=1S/C14H18N2OS/c1-16(10-12-4-3-7-18-12)9-11-5-6-14(17-2)13(15)8-11/h3-8H,9-10,15H2,1-2H3. The highest BCUT2D eigenvalue weighted by atomic mass is 32.1. The summed E-state index contributed by atoms with van der Waals surface area (Å²) < 4.78 is 5.15. The quantitative estimate of drug-likeness (QED) is 0.842. The molecule has 0 amide bonds. The van der Waals surface area contributed by atoms with Gasteiger partial charge < -0.3 is 10.5 Å². The van der Waals surface area contributed by atoms with Crippen LogP contribution in [0.25, 0.3) is 0 Å². The van der Waals surface area contributed by atoms with Gasteiger partial charge in [-0.25, -0.2) is 0 Å². The molecule has 0 saturated heterocycles. The number of benzene rings is 1. The van der Waals surface area contributed by atoms with Gasteiger partial charge in [-0.3, -0.25) is 4.90 Å². The molecule has 96 valence electrons. The molecule has 0 radical (unpaired) electrons. The molecule has 3 nitrogen and oxygen atoms in total. The molecule has 0 atom stereocenters. The Balaban J connectivity index is 1.98. The SMILES string of the molecule is COc1ccc(CN(C)Cc2cccs2)cc1N. The Morgan fingerprint density at radius 2 is 2.11 bits per heavy atom. The van der Waals surface area contributed by atoms with Crippen LogP contribution in [0, 0.1) is 0 Å². The lowest BCUT2D eigenvalue weighted by atomic mass is 10.2. The molecule has 2 N–H and O–H groups in total. The summed E-state index contributed by atoms with van der Waals surface area (Å²) in [5.74, 6) is 0.736. The minimum absolute atomic E-state index is 0.694. The molecule has 0 aliphatic heterocycles. The number of ether oxygens (including phenoxy) is 1. The highest BCUT2D eigenvalue weighted by molar-refractivity contribution is 7.09. The average molecular weight is 262 g/mol. The number of hydrogen-bond acceptors (Lipinski definition) is 4. The Morgan fingerprint density at radius 1 is 1.28 bits per heavy atom. The monoisotopic (exact) mass is 262 g/mol. The third-order valence-corrected chi connectivity index (χ3v) is 3.61. The van der Waals surface area contributed by atoms with Gasteiger partial charge in [0, 0.05) is 18.0 Å². The summed E-state index contributed by atoms with van der Waals surface area (Å²) in [5, 5.41) is 2.11. The van der Waals surface area contributed by atoms with E-state index in [-0.39, 0.29) is 0 Å². The normalized spacial score (nSPS) is 10.8. The van der Waals surface area contributed by atoms with Crippen molar-refractivity contribution in [1.29, 1.82) is 0 Å². The van der Waals surface area contributed by atoms with E-state index < -0.39 is 0 Å². The molecule has 2 rings (SSSR count). The van der Waals surface area contributed by atoms with Gasteiger partial charge in [-0.1, -0.05) is 12.1 Å². The fourth-order valence-corrected chi connectivity index (χ4v) is 2.70. The number of anilines is 1. The van der Waals surface area contributed by atoms with Crippen LogP contribution in [0.15, 0.2) is 35.7 Å². The van der Waals surface area contributed by atoms with Gasteiger partial charge in [0.15, 0.2) is 0 Å². The van der Waals surface area contributed by atoms with Gasteiger partial charge in [0.05, 0.1) is 12.8 Å². The zero-order chi connectivity index (χ0) is 13.0. The first kappa shape index (κ1) is 12.9. The van der Waals surface area contributed by atoms with Gasteiger partial charge in [-0.2, -0.15) is 0 Å². The van der Waals surface area contributed by atoms with Gasteiger partial charge in [-0.15, -0.1) is 11.3 Å². The number of nitrogens with zero attached hydrogens (tertiary/aromatic N) is 1. The first-order chi connectivity index (χ1) is 8.69. The van der Waals surface area contributed by atoms with Crippen LogP contribution in [0.2, 0.25) is 0 Å². The summed E-state index contributed by atoms with van der Waals surface area (Å²) in [5.41, 5.74) is 7.80. The second-order valence-electron chi connectivity index (χ2n) is 4.33. The van der Waals surface area contributed by atoms with Crippen molar-refractivity contribution in [1.82, 2.24) is 4.90 Å². The number of nitrogens with two attached hydrogens (primary N) is 1. The molecule has 0 aliphatic rings. The predicted octanol–water partition coefficient (Wildman–Crippen LogP) is 2.97. The lowest BCUT2D eigenvalue weighted by Crippen LogP contribution is -2.16. The van der Waals surface area contributed by atoms with Gasteiger partial charge in [0.2, 0.25) is 0 Å². The van der Waals surface area contributed by atoms with E-state index in [2.05, 4.69) is 35.5 Å². The summed E-state index contributed by atoms with van der Waals surface area (Å²) in [4.78, 5) is 3.64. The van der Waals surface area contributed by atoms with Crippen LogP contribution in [-0.4, -0.2) is 19.1 Å². The Morgan fingerprint density at radius 3 is 2.72 bits per heavy atom. The molecule has 0 fully saturated rings. The smallest absolute Gasteiger partial charge is 0.141 e. The van der Waals surface area contributed by atoms with Crippen molar-refractivity contribution in [2.24, 2.45) is 0 Å². The molecule has 18 heavy (non-hydrogen) atoms. The van der Waals surface area contributed by atoms with Gasteiger partial charge in [-0.05, 0) is 36.2 Å². The second-order valence-corrected chi connectivity index (χ2v) is 5.36. The minimum atomic E-state index is 0.694. The fraction of sp³-hybridized carbons (Fsp3) is 0.286. The summed E-state index contributed by atoms with van der Waals surface area (Å²) in [6.45, 7) is 1.84. The van der Waals surface area contributed by atoms with Crippen LogP contribution in [0.1, 0.15) is 10.4 Å². The van der Waals surface area contributed by atoms with Crippen LogP contribution < -0.4 is 10.5 Å². The molecular formula is C14H18N2OS. The lowest BCUT2D eigenvalue weighted by Gasteiger charge is -2.16. The maximum absolute atomic E-state index is 5.90. The molecule has 2 aromatic rings. The zero-order valence-corrected chi connectivity index (χ0v) is 11.5. The van der Waals surface area contributed by atoms with E-state index in [1.165, 1.54) is 10.4 Å². The van der Waals surface area contributed by atoms with Crippen molar-refractivity contribution in [3.8, 4) is 5.75 Å². The zero-order valence-electron chi connectivity index (χ0n) is 10.7. The Labute approximate surface area is 112 Å². The first-order valence-electron chi connectivity index (χ1n) is 5.82. The van der Waals surface area contributed by atoms with Gasteiger partial charge in [0.1, 0.15) is 5.75 Å². The average Bonchev–Trinajstić information content (AvgIpc) is 2.82. The van der Waals surface area contributed by atoms with Crippen molar-refractivity contribution >= 4 is 17.0 Å². The van der Waals surface area contributed by atoms with Crippen molar-refractivity contribution in [3.05, 3.63) is 46.2 Å². The fourth-order valence-electron chi connectivity index (χ4n) is 1.92. The van der Waals surface area contributed by atoms with Crippen LogP contribution in [-0.2, 0) is 13.1 Å². The molecule has 1 aromatic heterocycles. The van der Waals surface area contributed by atoms with Crippen LogP contribution in [0.3, 0.4) is 0 Å². The predicted molar refractivity (Wildman–Crippen MR) is 76.9 cm³/mol. The molecule has 1 heterocycles. The third-order valence-electron chi connectivity index (χ3n) is 2.75. The van der Waals surface area contributed by atoms with E-state index >= 15 is 0 Å². The van der Waals surface area contributed by atoms with E-state index in [0.29, 0.717) is 5.69 Å². The van der Waals surface area contributed by atoms with Crippen molar-refractivity contribution in [2.75, 3.05) is 19.9 Å². The van der Waals surface area contributed by atoms with E-state index in [9.17, 15) is 0 Å². The molecule has 0 unspecified atom stereocenters. The number of hydrogen-bond donors (Lipinski definition) is 1. The highest BCUT2D eigenvalue weighted by Gasteiger charge is 2.05. The van der Waals surface area contributed by atoms with Crippen LogP contribution >= 0.6 is 11.3 Å². The van der Waals surface area contributed by atoms with Gasteiger partial charge in [0.25, 0.3) is 0 Å². The summed E-state index contributed by atoms with van der Waals surface area (Å²) in [6.07, 6.45) is 0. The van der Waals surface area contributed by atoms with Crippen molar-refractivity contribution < 1.29 is 4.74 Å². The number of rotatable bonds is 5. The van der Waals surface area contributed by atoms with Crippen LogP contribution in [0.5, 0.6) is 5.75 Å². The van der Waals surface area contributed by atoms with E-state index in [0.717, 1.165) is 18.8 Å². The van der Waals surface area contributed by atoms with E-state index in [1.54, 1.807) is 18.4 Å². The molecular weight excluding hydrogens is 244 g/mol. The molecule has 0 bridgehead atoms. The number of nitrogen functional groups attached to an aromatic ring is 1. The van der Waals surface area contributed by atoms with Crippen molar-refractivity contribution in [2.45, 2.75) is 13.1 Å². The first-order valence-corrected chi connectivity index (χ1v) is 6.70. The van der Waals surface area contributed by atoms with E-state index in [4.69, 9.17) is 10.5 Å². The summed E-state index contributed by atoms with van der Waals surface area (Å²) >= 11 is 1.78. The Hall–Kier alpha value is -1.52. The largest absolute Gasteiger partial charge is 0.495 e. The minimum Gasteiger partial charge on any atom is -0.495 e. The maximum Gasteiger partial charge on any atom is 0.141 e. The topological polar surface area (TPSA) is 38.5 Å². The molecule has 4 heteroatoms. The Bertz CT molecular complexity index is 497. The van der Waals surface area contributed by atoms with Gasteiger partial charge >= 0.3 is 0 Å². The van der Waals surface area contributed by atoms with Crippen molar-refractivity contribution in [3.63, 3.8) is 0 Å². The van der Waals surface area contributed by atoms with Crippen LogP contribution in [0.4, 0.5) is 5.69 Å². The molecule has 0 spiro atoms. The number of methoxy groups -OCH3 is 1. The third kappa shape index (κ3) is 3.24. The maximum atomic E-state index is 5.90. The summed E-state index contributed by atoms with van der Waals surface area (Å²) in [6, 6.07) is 10.2. The lowest BCUT2D eigenvalue weighted by molar-refractivity contribution is 0.322. The molecule has 0 saturated carbocycles. The summed E-state index contributed by atoms with van der Waals surface area (Å²) in [7, 11) is 3.74. The van der Waals surface area contributed by atoms with E-state index in [1.807, 2.05) is 12.1 Å². The highest BCUT2D eigenvalue weighted by Crippen LogP contribution is 2.23. The number of thiophene rings is 1. The Kier molecular flexibility index (Phi) is 4.23.